The van der Waals surface area contributed by atoms with Crippen LogP contribution in [0.15, 0.2) is 36.5 Å². The first-order valence-corrected chi connectivity index (χ1v) is 10.8. The average Bonchev–Trinajstić information content (AvgIpc) is 3.10. The lowest BCUT2D eigenvalue weighted by Gasteiger charge is -2.35. The van der Waals surface area contributed by atoms with Gasteiger partial charge in [0.05, 0.1) is 25.0 Å². The molecule has 0 radical (unpaired) electrons. The van der Waals surface area contributed by atoms with E-state index in [0.717, 1.165) is 5.69 Å². The molecule has 0 atom stereocenters. The smallest absolute Gasteiger partial charge is 0.353 e. The van der Waals surface area contributed by atoms with Crippen LogP contribution in [-0.4, -0.2) is 63.5 Å². The van der Waals surface area contributed by atoms with Crippen molar-refractivity contribution in [3.8, 4) is 5.69 Å². The number of alkyl halides is 3. The zero-order valence-electron chi connectivity index (χ0n) is 17.4. The number of nitrogens with zero attached hydrogens (tertiary/aromatic N) is 7. The molecule has 2 aromatic heterocycles. The molecule has 0 saturated carbocycles. The first-order valence-electron chi connectivity index (χ1n) is 10.4. The topological polar surface area (TPSA) is 53.3 Å². The fraction of sp³-hybridized carbons (Fsp3) is 0.381. The maximum absolute atomic E-state index is 13.2. The van der Waals surface area contributed by atoms with Gasteiger partial charge in [-0.2, -0.15) is 13.2 Å². The number of hydrogen-bond acceptors (Lipinski definition) is 6. The second-order valence-corrected chi connectivity index (χ2v) is 8.53. The van der Waals surface area contributed by atoms with Gasteiger partial charge in [0.2, 0.25) is 5.95 Å². The first kappa shape index (κ1) is 21.9. The van der Waals surface area contributed by atoms with E-state index in [0.29, 0.717) is 54.4 Å². The summed E-state index contributed by atoms with van der Waals surface area (Å²) < 4.78 is 54.5. The summed E-state index contributed by atoms with van der Waals surface area (Å²) in [6.45, 7) is 1.53. The van der Waals surface area contributed by atoms with Gasteiger partial charge < -0.3 is 9.80 Å². The van der Waals surface area contributed by atoms with Crippen LogP contribution in [0.2, 0.25) is 5.02 Å². The molecule has 2 aliphatic heterocycles. The molecule has 4 heterocycles. The van der Waals surface area contributed by atoms with Crippen LogP contribution in [0.5, 0.6) is 0 Å². The largest absolute Gasteiger partial charge is 0.401 e. The molecular formula is C21H20ClF4N7. The van der Waals surface area contributed by atoms with E-state index in [1.165, 1.54) is 17.2 Å². The average molecular weight is 482 g/mol. The van der Waals surface area contributed by atoms with Gasteiger partial charge in [0.1, 0.15) is 11.6 Å². The fourth-order valence-electron chi connectivity index (χ4n) is 4.31. The van der Waals surface area contributed by atoms with Crippen LogP contribution in [-0.2, 0) is 13.1 Å². The molecular weight excluding hydrogens is 462 g/mol. The summed E-state index contributed by atoms with van der Waals surface area (Å²) in [4.78, 5) is 9.53. The van der Waals surface area contributed by atoms with E-state index in [-0.39, 0.29) is 18.9 Å². The minimum Gasteiger partial charge on any atom is -0.353 e. The Labute approximate surface area is 192 Å². The van der Waals surface area contributed by atoms with Gasteiger partial charge in [0.15, 0.2) is 5.82 Å². The molecule has 2 aliphatic rings. The summed E-state index contributed by atoms with van der Waals surface area (Å²) in [5.74, 6) is 1.33. The van der Waals surface area contributed by atoms with Crippen molar-refractivity contribution in [3.05, 3.63) is 58.8 Å². The summed E-state index contributed by atoms with van der Waals surface area (Å²) in [5.41, 5.74) is 1.41. The Hall–Kier alpha value is -2.92. The lowest BCUT2D eigenvalue weighted by atomic mass is 10.1. The highest BCUT2D eigenvalue weighted by Crippen LogP contribution is 2.32. The van der Waals surface area contributed by atoms with Crippen molar-refractivity contribution >= 4 is 23.4 Å². The summed E-state index contributed by atoms with van der Waals surface area (Å²) >= 11 is 6.16. The summed E-state index contributed by atoms with van der Waals surface area (Å²) in [7, 11) is 0. The predicted octanol–water partition coefficient (Wildman–Crippen LogP) is 3.66. The molecule has 174 valence electrons. The van der Waals surface area contributed by atoms with E-state index in [1.54, 1.807) is 24.3 Å². The molecule has 5 rings (SSSR count). The van der Waals surface area contributed by atoms with E-state index in [2.05, 4.69) is 20.1 Å². The molecule has 0 N–H and O–H groups in total. The van der Waals surface area contributed by atoms with Crippen molar-refractivity contribution in [2.45, 2.75) is 19.3 Å². The summed E-state index contributed by atoms with van der Waals surface area (Å²) in [5, 5.41) is 9.04. The Balaban J connectivity index is 1.43. The normalized spacial score (nSPS) is 17.0. The molecule has 0 bridgehead atoms. The summed E-state index contributed by atoms with van der Waals surface area (Å²) in [6.07, 6.45) is -3.14. The van der Waals surface area contributed by atoms with Crippen molar-refractivity contribution < 1.29 is 17.6 Å². The maximum atomic E-state index is 13.2. The number of fused-ring (bicyclic) bond motifs is 3. The minimum absolute atomic E-state index is 0.0122. The number of halogens is 5. The van der Waals surface area contributed by atoms with E-state index in [4.69, 9.17) is 11.6 Å². The van der Waals surface area contributed by atoms with Gasteiger partial charge in [-0.05, 0) is 35.9 Å². The van der Waals surface area contributed by atoms with Gasteiger partial charge >= 0.3 is 6.18 Å². The second-order valence-electron chi connectivity index (χ2n) is 8.09. The van der Waals surface area contributed by atoms with Crippen LogP contribution in [0.1, 0.15) is 11.4 Å². The van der Waals surface area contributed by atoms with Crippen LogP contribution in [0, 0.1) is 5.82 Å². The Morgan fingerprint density at radius 1 is 0.939 bits per heavy atom. The number of piperazine rings is 1. The summed E-state index contributed by atoms with van der Waals surface area (Å²) in [6, 6.07) is 8.22. The van der Waals surface area contributed by atoms with Crippen molar-refractivity contribution in [1.29, 1.82) is 0 Å². The third kappa shape index (κ3) is 4.60. The SMILES string of the molecule is Fc1ccc(N2CCN(c3nnc4n3-c3ccc(Cl)cc3CN(CC(F)(F)F)C4)CC2)nc1. The van der Waals surface area contributed by atoms with Crippen molar-refractivity contribution in [3.63, 3.8) is 0 Å². The lowest BCUT2D eigenvalue weighted by molar-refractivity contribution is -0.148. The quantitative estimate of drug-likeness (QED) is 0.532. The predicted molar refractivity (Wildman–Crippen MR) is 115 cm³/mol. The highest BCUT2D eigenvalue weighted by Gasteiger charge is 2.34. The third-order valence-electron chi connectivity index (χ3n) is 5.76. The molecule has 12 heteroatoms. The van der Waals surface area contributed by atoms with Crippen molar-refractivity contribution in [2.75, 3.05) is 42.5 Å². The van der Waals surface area contributed by atoms with E-state index in [1.807, 2.05) is 9.47 Å². The van der Waals surface area contributed by atoms with Gasteiger partial charge in [0, 0.05) is 37.7 Å². The van der Waals surface area contributed by atoms with Crippen LogP contribution in [0.4, 0.5) is 29.3 Å². The van der Waals surface area contributed by atoms with E-state index < -0.39 is 12.7 Å². The fourth-order valence-corrected chi connectivity index (χ4v) is 4.51. The Bertz CT molecular complexity index is 1140. The minimum atomic E-state index is -4.33. The third-order valence-corrected chi connectivity index (χ3v) is 5.99. The Morgan fingerprint density at radius 3 is 2.39 bits per heavy atom. The maximum Gasteiger partial charge on any atom is 0.401 e. The Morgan fingerprint density at radius 2 is 1.70 bits per heavy atom. The van der Waals surface area contributed by atoms with Crippen molar-refractivity contribution in [1.82, 2.24) is 24.6 Å². The van der Waals surface area contributed by atoms with Crippen LogP contribution < -0.4 is 9.80 Å². The van der Waals surface area contributed by atoms with Gasteiger partial charge in [-0.3, -0.25) is 9.47 Å². The van der Waals surface area contributed by atoms with E-state index in [9.17, 15) is 17.6 Å². The molecule has 3 aromatic rings. The molecule has 0 aliphatic carbocycles. The monoisotopic (exact) mass is 481 g/mol. The van der Waals surface area contributed by atoms with Gasteiger partial charge in [-0.1, -0.05) is 11.6 Å². The standard InChI is InChI=1S/C21H20ClF4N7/c22-15-1-3-17-14(9-15)11-30(13-21(24,25)26)12-19-28-29-20(33(17)19)32-7-5-31(6-8-32)18-4-2-16(23)10-27-18/h1-4,9-10H,5-8,11-13H2. The van der Waals surface area contributed by atoms with E-state index >= 15 is 0 Å². The molecule has 1 fully saturated rings. The number of pyridine rings is 1. The highest BCUT2D eigenvalue weighted by atomic mass is 35.5. The number of rotatable bonds is 3. The van der Waals surface area contributed by atoms with Gasteiger partial charge in [0.25, 0.3) is 0 Å². The number of anilines is 2. The van der Waals surface area contributed by atoms with Crippen LogP contribution >= 0.6 is 11.6 Å². The van der Waals surface area contributed by atoms with Crippen LogP contribution in [0.25, 0.3) is 5.69 Å². The lowest BCUT2D eigenvalue weighted by Crippen LogP contribution is -2.47. The van der Waals surface area contributed by atoms with Gasteiger partial charge in [-0.15, -0.1) is 10.2 Å². The highest BCUT2D eigenvalue weighted by molar-refractivity contribution is 6.30. The molecule has 0 spiro atoms. The molecule has 1 saturated heterocycles. The second kappa shape index (κ2) is 8.45. The van der Waals surface area contributed by atoms with Crippen molar-refractivity contribution in [2.24, 2.45) is 0 Å². The molecule has 0 amide bonds. The first-order chi connectivity index (χ1) is 15.8. The number of benzene rings is 1. The number of aromatic nitrogens is 4. The molecule has 7 nitrogen and oxygen atoms in total. The van der Waals surface area contributed by atoms with Gasteiger partial charge in [-0.25, -0.2) is 9.37 Å². The molecule has 0 unspecified atom stereocenters. The zero-order valence-corrected chi connectivity index (χ0v) is 18.2. The zero-order chi connectivity index (χ0) is 23.2. The number of hydrogen-bond donors (Lipinski definition) is 0. The molecule has 33 heavy (non-hydrogen) atoms. The molecule has 1 aromatic carbocycles. The Kier molecular flexibility index (Phi) is 5.61. The van der Waals surface area contributed by atoms with Crippen LogP contribution in [0.3, 0.4) is 0 Å².